The number of nitrogen functional groups attached to an aromatic ring is 1. The molecule has 1 aromatic rings. The highest BCUT2D eigenvalue weighted by Gasteiger charge is 2.19. The Labute approximate surface area is 82.3 Å². The second kappa shape index (κ2) is 3.75. The molecule has 0 aliphatic carbocycles. The molecule has 1 unspecified atom stereocenters. The molecule has 0 aromatic carbocycles. The molecule has 1 aliphatic heterocycles. The van der Waals surface area contributed by atoms with Crippen LogP contribution in [0.15, 0.2) is 0 Å². The number of nitrogens with zero attached hydrogens (tertiary/aromatic N) is 3. The first-order chi connectivity index (χ1) is 6.79. The van der Waals surface area contributed by atoms with Crippen molar-refractivity contribution in [1.29, 1.82) is 0 Å². The molecule has 76 valence electrons. The van der Waals surface area contributed by atoms with Crippen LogP contribution in [0.4, 0.5) is 11.9 Å². The molecule has 1 aromatic heterocycles. The molecular weight excluding hydrogens is 180 g/mol. The van der Waals surface area contributed by atoms with E-state index < -0.39 is 0 Å². The van der Waals surface area contributed by atoms with Crippen molar-refractivity contribution in [2.75, 3.05) is 24.6 Å². The highest BCUT2D eigenvalue weighted by atomic mass is 15.2. The zero-order valence-electron chi connectivity index (χ0n) is 8.12. The molecule has 2 rings (SSSR count). The normalized spacial score (nSPS) is 21.1. The fourth-order valence-electron chi connectivity index (χ4n) is 1.58. The summed E-state index contributed by atoms with van der Waals surface area (Å²) in [6.45, 7) is 1.02. The van der Waals surface area contributed by atoms with Crippen molar-refractivity contribution in [2.24, 2.45) is 0 Å². The van der Waals surface area contributed by atoms with Crippen LogP contribution in [-0.4, -0.2) is 28.5 Å². The molecule has 0 amide bonds. The predicted octanol–water partition coefficient (Wildman–Crippen LogP) is -0.0800. The standard InChI is InChI=1S/C8H14N6/c1-10-8-13-6(12-7(9)14-8)5-3-2-4-11-5/h5,11H,2-4H2,1H3,(H3,9,10,12,13,14). The van der Waals surface area contributed by atoms with E-state index in [2.05, 4.69) is 25.6 Å². The van der Waals surface area contributed by atoms with E-state index in [1.54, 1.807) is 7.05 Å². The van der Waals surface area contributed by atoms with E-state index in [1.165, 1.54) is 0 Å². The van der Waals surface area contributed by atoms with Gasteiger partial charge in [-0.05, 0) is 19.4 Å². The summed E-state index contributed by atoms with van der Waals surface area (Å²) in [6.07, 6.45) is 2.22. The summed E-state index contributed by atoms with van der Waals surface area (Å²) >= 11 is 0. The molecule has 4 N–H and O–H groups in total. The fraction of sp³-hybridized carbons (Fsp3) is 0.625. The van der Waals surface area contributed by atoms with Gasteiger partial charge in [-0.1, -0.05) is 0 Å². The van der Waals surface area contributed by atoms with Gasteiger partial charge >= 0.3 is 0 Å². The third-order valence-corrected chi connectivity index (χ3v) is 2.27. The number of hydrogen-bond acceptors (Lipinski definition) is 6. The quantitative estimate of drug-likeness (QED) is 0.610. The zero-order valence-corrected chi connectivity index (χ0v) is 8.12. The first-order valence-corrected chi connectivity index (χ1v) is 4.72. The van der Waals surface area contributed by atoms with Crippen molar-refractivity contribution < 1.29 is 0 Å². The predicted molar refractivity (Wildman–Crippen MR) is 53.8 cm³/mol. The summed E-state index contributed by atoms with van der Waals surface area (Å²) in [5.41, 5.74) is 5.57. The topological polar surface area (TPSA) is 88.8 Å². The zero-order chi connectivity index (χ0) is 9.97. The molecular formula is C8H14N6. The fourth-order valence-corrected chi connectivity index (χ4v) is 1.58. The molecule has 14 heavy (non-hydrogen) atoms. The van der Waals surface area contributed by atoms with Crippen molar-refractivity contribution in [1.82, 2.24) is 20.3 Å². The SMILES string of the molecule is CNc1nc(N)nc(C2CCCN2)n1. The Morgan fingerprint density at radius 2 is 2.29 bits per heavy atom. The average molecular weight is 194 g/mol. The summed E-state index contributed by atoms with van der Waals surface area (Å²) in [5, 5.41) is 6.18. The second-order valence-electron chi connectivity index (χ2n) is 3.27. The summed E-state index contributed by atoms with van der Waals surface area (Å²) in [4.78, 5) is 12.3. The second-order valence-corrected chi connectivity index (χ2v) is 3.27. The Kier molecular flexibility index (Phi) is 2.45. The van der Waals surface area contributed by atoms with Gasteiger partial charge < -0.3 is 16.4 Å². The lowest BCUT2D eigenvalue weighted by atomic mass is 10.2. The molecule has 6 heteroatoms. The van der Waals surface area contributed by atoms with Gasteiger partial charge in [0, 0.05) is 7.05 Å². The molecule has 0 radical (unpaired) electrons. The third kappa shape index (κ3) is 1.74. The van der Waals surface area contributed by atoms with Crippen molar-refractivity contribution in [3.8, 4) is 0 Å². The van der Waals surface area contributed by atoms with Crippen LogP contribution in [0.5, 0.6) is 0 Å². The van der Waals surface area contributed by atoms with E-state index in [1.807, 2.05) is 0 Å². The van der Waals surface area contributed by atoms with E-state index in [9.17, 15) is 0 Å². The minimum Gasteiger partial charge on any atom is -0.368 e. The summed E-state index contributed by atoms with van der Waals surface area (Å²) in [6, 6.07) is 0.229. The molecule has 0 spiro atoms. The highest BCUT2D eigenvalue weighted by Crippen LogP contribution is 2.20. The lowest BCUT2D eigenvalue weighted by Crippen LogP contribution is -2.18. The first kappa shape index (κ1) is 9.14. The maximum atomic E-state index is 5.57. The van der Waals surface area contributed by atoms with Crippen LogP contribution in [0.1, 0.15) is 24.7 Å². The van der Waals surface area contributed by atoms with Gasteiger partial charge in [0.1, 0.15) is 0 Å². The van der Waals surface area contributed by atoms with Gasteiger partial charge in [0.2, 0.25) is 11.9 Å². The molecule has 1 aliphatic rings. The number of nitrogens with one attached hydrogen (secondary N) is 2. The molecule has 6 nitrogen and oxygen atoms in total. The van der Waals surface area contributed by atoms with E-state index in [0.29, 0.717) is 5.95 Å². The van der Waals surface area contributed by atoms with Gasteiger partial charge in [-0.15, -0.1) is 0 Å². The smallest absolute Gasteiger partial charge is 0.227 e. The Morgan fingerprint density at radius 1 is 1.43 bits per heavy atom. The maximum absolute atomic E-state index is 5.57. The largest absolute Gasteiger partial charge is 0.368 e. The number of anilines is 2. The van der Waals surface area contributed by atoms with Crippen LogP contribution in [-0.2, 0) is 0 Å². The van der Waals surface area contributed by atoms with Crippen LogP contribution >= 0.6 is 0 Å². The van der Waals surface area contributed by atoms with E-state index in [0.717, 1.165) is 25.2 Å². The van der Waals surface area contributed by atoms with E-state index >= 15 is 0 Å². The maximum Gasteiger partial charge on any atom is 0.227 e. The van der Waals surface area contributed by atoms with E-state index in [4.69, 9.17) is 5.73 Å². The van der Waals surface area contributed by atoms with Crippen molar-refractivity contribution in [3.63, 3.8) is 0 Å². The lowest BCUT2D eigenvalue weighted by molar-refractivity contribution is 0.603. The van der Waals surface area contributed by atoms with E-state index in [-0.39, 0.29) is 12.0 Å². The molecule has 0 saturated carbocycles. The molecule has 1 saturated heterocycles. The van der Waals surface area contributed by atoms with Gasteiger partial charge in [-0.3, -0.25) is 0 Å². The monoisotopic (exact) mass is 194 g/mol. The van der Waals surface area contributed by atoms with Crippen LogP contribution in [0, 0.1) is 0 Å². The van der Waals surface area contributed by atoms with Crippen LogP contribution in [0.25, 0.3) is 0 Å². The summed E-state index contributed by atoms with van der Waals surface area (Å²) in [5.74, 6) is 1.54. The van der Waals surface area contributed by atoms with Gasteiger partial charge in [0.05, 0.1) is 6.04 Å². The molecule has 0 bridgehead atoms. The van der Waals surface area contributed by atoms with Gasteiger partial charge in [0.25, 0.3) is 0 Å². The average Bonchev–Trinajstić information content (AvgIpc) is 2.69. The van der Waals surface area contributed by atoms with Crippen molar-refractivity contribution in [3.05, 3.63) is 5.82 Å². The highest BCUT2D eigenvalue weighted by molar-refractivity contribution is 5.30. The van der Waals surface area contributed by atoms with Crippen molar-refractivity contribution in [2.45, 2.75) is 18.9 Å². The molecule has 2 heterocycles. The van der Waals surface area contributed by atoms with Crippen LogP contribution in [0.2, 0.25) is 0 Å². The Hall–Kier alpha value is -1.43. The van der Waals surface area contributed by atoms with Gasteiger partial charge in [0.15, 0.2) is 5.82 Å². The summed E-state index contributed by atoms with van der Waals surface area (Å²) < 4.78 is 0. The number of hydrogen-bond donors (Lipinski definition) is 3. The minimum absolute atomic E-state index is 0.229. The number of aromatic nitrogens is 3. The third-order valence-electron chi connectivity index (χ3n) is 2.27. The van der Waals surface area contributed by atoms with Gasteiger partial charge in [-0.2, -0.15) is 15.0 Å². The number of nitrogens with two attached hydrogens (primary N) is 1. The minimum atomic E-state index is 0.229. The Morgan fingerprint density at radius 3 is 2.93 bits per heavy atom. The van der Waals surface area contributed by atoms with Crippen LogP contribution in [0.3, 0.4) is 0 Å². The Balaban J connectivity index is 2.27. The Bertz CT molecular complexity index is 320. The van der Waals surface area contributed by atoms with Crippen LogP contribution < -0.4 is 16.4 Å². The molecule has 1 fully saturated rings. The summed E-state index contributed by atoms with van der Waals surface area (Å²) in [7, 11) is 1.76. The number of rotatable bonds is 2. The first-order valence-electron chi connectivity index (χ1n) is 4.72. The lowest BCUT2D eigenvalue weighted by Gasteiger charge is -2.09. The molecule has 1 atom stereocenters. The van der Waals surface area contributed by atoms with Crippen molar-refractivity contribution >= 4 is 11.9 Å². The van der Waals surface area contributed by atoms with Gasteiger partial charge in [-0.25, -0.2) is 0 Å².